The van der Waals surface area contributed by atoms with Crippen molar-refractivity contribution < 1.29 is 9.32 Å². The van der Waals surface area contributed by atoms with Crippen LogP contribution >= 0.6 is 0 Å². The highest BCUT2D eigenvalue weighted by Gasteiger charge is 2.28. The summed E-state index contributed by atoms with van der Waals surface area (Å²) in [5, 5.41) is 10.8. The van der Waals surface area contributed by atoms with E-state index in [9.17, 15) is 4.79 Å². The molecule has 0 radical (unpaired) electrons. The fourth-order valence-corrected chi connectivity index (χ4v) is 2.10. The Kier molecular flexibility index (Phi) is 3.25. The van der Waals surface area contributed by atoms with Crippen molar-refractivity contribution in [3.8, 4) is 0 Å². The van der Waals surface area contributed by atoms with Gasteiger partial charge >= 0.3 is 0 Å². The van der Waals surface area contributed by atoms with Gasteiger partial charge in [-0.25, -0.2) is 9.67 Å². The van der Waals surface area contributed by atoms with Gasteiger partial charge in [0, 0.05) is 18.5 Å². The molecule has 0 saturated heterocycles. The van der Waals surface area contributed by atoms with Crippen molar-refractivity contribution >= 4 is 5.91 Å². The first-order valence-corrected chi connectivity index (χ1v) is 6.76. The first-order valence-electron chi connectivity index (χ1n) is 6.76. The second-order valence-electron chi connectivity index (χ2n) is 5.07. The van der Waals surface area contributed by atoms with Crippen LogP contribution in [0.15, 0.2) is 10.6 Å². The van der Waals surface area contributed by atoms with Crippen molar-refractivity contribution in [3.05, 3.63) is 29.2 Å². The molecule has 2 aromatic rings. The Morgan fingerprint density at radius 1 is 1.50 bits per heavy atom. The summed E-state index contributed by atoms with van der Waals surface area (Å²) in [5.74, 6) is 2.64. The minimum absolute atomic E-state index is 0.213. The molecule has 7 nitrogen and oxygen atoms in total. The lowest BCUT2D eigenvalue weighted by Gasteiger charge is -2.04. The predicted molar refractivity (Wildman–Crippen MR) is 70.3 cm³/mol. The Morgan fingerprint density at radius 3 is 2.95 bits per heavy atom. The standard InChI is InChI=1S/C13H17N5O2/c1-8-15-9(2)18(16-8)6-5-14-13(19)11-7-12(20-17-11)10-3-4-10/h7,10H,3-6H2,1-2H3,(H,14,19). The highest BCUT2D eigenvalue weighted by molar-refractivity contribution is 5.92. The summed E-state index contributed by atoms with van der Waals surface area (Å²) in [6.45, 7) is 4.80. The number of carbonyl (C=O) groups is 1. The van der Waals surface area contributed by atoms with Crippen LogP contribution in [0.2, 0.25) is 0 Å². The van der Waals surface area contributed by atoms with E-state index < -0.39 is 0 Å². The van der Waals surface area contributed by atoms with Gasteiger partial charge in [0.15, 0.2) is 5.69 Å². The summed E-state index contributed by atoms with van der Waals surface area (Å²) in [7, 11) is 0. The van der Waals surface area contributed by atoms with Gasteiger partial charge in [0.05, 0.1) is 6.54 Å². The lowest BCUT2D eigenvalue weighted by Crippen LogP contribution is -2.28. The van der Waals surface area contributed by atoms with Crippen LogP contribution in [0.5, 0.6) is 0 Å². The molecule has 0 aromatic carbocycles. The maximum absolute atomic E-state index is 11.9. The van der Waals surface area contributed by atoms with Crippen LogP contribution in [-0.4, -0.2) is 32.4 Å². The first-order chi connectivity index (χ1) is 9.63. The van der Waals surface area contributed by atoms with Crippen LogP contribution in [0.1, 0.15) is 46.7 Å². The molecule has 7 heteroatoms. The smallest absolute Gasteiger partial charge is 0.273 e. The summed E-state index contributed by atoms with van der Waals surface area (Å²) >= 11 is 0. The first kappa shape index (κ1) is 12.8. The Bertz CT molecular complexity index is 626. The molecule has 0 spiro atoms. The van der Waals surface area contributed by atoms with Crippen LogP contribution in [0.25, 0.3) is 0 Å². The number of nitrogens with zero attached hydrogens (tertiary/aromatic N) is 4. The lowest BCUT2D eigenvalue weighted by molar-refractivity contribution is 0.0942. The second-order valence-corrected chi connectivity index (χ2v) is 5.07. The molecular formula is C13H17N5O2. The number of hydrogen-bond acceptors (Lipinski definition) is 5. The SMILES string of the molecule is Cc1nc(C)n(CCNC(=O)c2cc(C3CC3)on2)n1. The molecule has 0 atom stereocenters. The van der Waals surface area contributed by atoms with Gasteiger partial charge in [-0.3, -0.25) is 4.79 Å². The fourth-order valence-electron chi connectivity index (χ4n) is 2.10. The molecular weight excluding hydrogens is 258 g/mol. The molecule has 1 fully saturated rings. The van der Waals surface area contributed by atoms with Crippen molar-refractivity contribution in [1.29, 1.82) is 0 Å². The topological polar surface area (TPSA) is 85.8 Å². The molecule has 1 saturated carbocycles. The minimum atomic E-state index is -0.213. The van der Waals surface area contributed by atoms with E-state index in [0.717, 1.165) is 30.3 Å². The number of amides is 1. The molecule has 0 aliphatic heterocycles. The fraction of sp³-hybridized carbons (Fsp3) is 0.538. The number of aromatic nitrogens is 4. The zero-order chi connectivity index (χ0) is 14.1. The van der Waals surface area contributed by atoms with Gasteiger partial charge in [-0.2, -0.15) is 5.10 Å². The molecule has 0 unspecified atom stereocenters. The lowest BCUT2D eigenvalue weighted by atomic mass is 10.3. The van der Waals surface area contributed by atoms with Crippen molar-refractivity contribution in [1.82, 2.24) is 25.2 Å². The van der Waals surface area contributed by atoms with Crippen LogP contribution in [0.4, 0.5) is 0 Å². The Morgan fingerprint density at radius 2 is 2.30 bits per heavy atom. The van der Waals surface area contributed by atoms with Crippen LogP contribution in [-0.2, 0) is 6.54 Å². The summed E-state index contributed by atoms with van der Waals surface area (Å²) < 4.78 is 6.93. The molecule has 0 bridgehead atoms. The summed E-state index contributed by atoms with van der Waals surface area (Å²) in [6.07, 6.45) is 2.25. The van der Waals surface area contributed by atoms with Gasteiger partial charge in [-0.15, -0.1) is 0 Å². The van der Waals surface area contributed by atoms with Crippen molar-refractivity contribution in [2.45, 2.75) is 39.2 Å². The minimum Gasteiger partial charge on any atom is -0.360 e. The van der Waals surface area contributed by atoms with Gasteiger partial charge in [0.1, 0.15) is 17.4 Å². The van der Waals surface area contributed by atoms with E-state index >= 15 is 0 Å². The Labute approximate surface area is 116 Å². The van der Waals surface area contributed by atoms with E-state index in [-0.39, 0.29) is 5.91 Å². The third kappa shape index (κ3) is 2.71. The third-order valence-corrected chi connectivity index (χ3v) is 3.31. The Balaban J connectivity index is 1.52. The van der Waals surface area contributed by atoms with Gasteiger partial charge in [-0.05, 0) is 26.7 Å². The highest BCUT2D eigenvalue weighted by atomic mass is 16.5. The molecule has 1 N–H and O–H groups in total. The highest BCUT2D eigenvalue weighted by Crippen LogP contribution is 2.40. The zero-order valence-electron chi connectivity index (χ0n) is 11.6. The maximum atomic E-state index is 11.9. The van der Waals surface area contributed by atoms with E-state index in [1.807, 2.05) is 13.8 Å². The molecule has 3 rings (SSSR count). The van der Waals surface area contributed by atoms with E-state index in [1.54, 1.807) is 10.7 Å². The van der Waals surface area contributed by atoms with Gasteiger partial charge < -0.3 is 9.84 Å². The monoisotopic (exact) mass is 275 g/mol. The second kappa shape index (κ2) is 5.07. The van der Waals surface area contributed by atoms with Gasteiger partial charge in [0.2, 0.25) is 0 Å². The van der Waals surface area contributed by atoms with Crippen LogP contribution < -0.4 is 5.32 Å². The average Bonchev–Trinajstić information content (AvgIpc) is 3.05. The van der Waals surface area contributed by atoms with Crippen molar-refractivity contribution in [2.24, 2.45) is 0 Å². The summed E-state index contributed by atoms with van der Waals surface area (Å²) in [5.41, 5.74) is 0.346. The maximum Gasteiger partial charge on any atom is 0.273 e. The molecule has 1 aliphatic carbocycles. The summed E-state index contributed by atoms with van der Waals surface area (Å²) in [6, 6.07) is 1.73. The molecule has 2 aromatic heterocycles. The van der Waals surface area contributed by atoms with E-state index in [4.69, 9.17) is 4.52 Å². The molecule has 106 valence electrons. The number of nitrogens with one attached hydrogen (secondary N) is 1. The summed E-state index contributed by atoms with van der Waals surface area (Å²) in [4.78, 5) is 16.1. The molecule has 1 amide bonds. The van der Waals surface area contributed by atoms with E-state index in [1.165, 1.54) is 0 Å². The van der Waals surface area contributed by atoms with Crippen LogP contribution in [0.3, 0.4) is 0 Å². The quantitative estimate of drug-likeness (QED) is 0.885. The largest absolute Gasteiger partial charge is 0.360 e. The van der Waals surface area contributed by atoms with E-state index in [0.29, 0.717) is 24.7 Å². The Hall–Kier alpha value is -2.18. The number of carbonyl (C=O) groups excluding carboxylic acids is 1. The van der Waals surface area contributed by atoms with Gasteiger partial charge in [0.25, 0.3) is 5.91 Å². The number of aryl methyl sites for hydroxylation is 2. The third-order valence-electron chi connectivity index (χ3n) is 3.31. The number of rotatable bonds is 5. The van der Waals surface area contributed by atoms with Crippen LogP contribution in [0, 0.1) is 13.8 Å². The van der Waals surface area contributed by atoms with Crippen molar-refractivity contribution in [2.75, 3.05) is 6.54 Å². The van der Waals surface area contributed by atoms with Gasteiger partial charge in [-0.1, -0.05) is 5.16 Å². The average molecular weight is 275 g/mol. The van der Waals surface area contributed by atoms with Crippen molar-refractivity contribution in [3.63, 3.8) is 0 Å². The molecule has 2 heterocycles. The predicted octanol–water partition coefficient (Wildman–Crippen LogP) is 1.19. The molecule has 1 aliphatic rings. The normalized spacial score (nSPS) is 14.5. The number of hydrogen-bond donors (Lipinski definition) is 1. The molecule has 20 heavy (non-hydrogen) atoms. The van der Waals surface area contributed by atoms with E-state index in [2.05, 4.69) is 20.6 Å². The zero-order valence-corrected chi connectivity index (χ0v) is 11.6.